The topological polar surface area (TPSA) is 36.4 Å². The van der Waals surface area contributed by atoms with Gasteiger partial charge in [-0.25, -0.2) is 0 Å². The molecule has 0 aliphatic carbocycles. The number of rotatable bonds is 4. The normalized spacial score (nSPS) is 24.2. The summed E-state index contributed by atoms with van der Waals surface area (Å²) < 4.78 is 37.4. The van der Waals surface area contributed by atoms with E-state index in [0.717, 1.165) is 44.0 Å². The van der Waals surface area contributed by atoms with Gasteiger partial charge < -0.3 is 5.11 Å². The summed E-state index contributed by atoms with van der Waals surface area (Å²) in [6.07, 6.45) is -0.183. The fraction of sp³-hybridized carbons (Fsp3) is 0.667. The third kappa shape index (κ3) is 3.95. The molecule has 1 saturated heterocycles. The van der Waals surface area contributed by atoms with Crippen LogP contribution in [-0.4, -0.2) is 34.7 Å². The van der Waals surface area contributed by atoms with E-state index in [1.54, 1.807) is 0 Å². The molecule has 1 fully saturated rings. The van der Waals surface area contributed by atoms with Gasteiger partial charge in [-0.1, -0.05) is 13.0 Å². The van der Waals surface area contributed by atoms with Gasteiger partial charge >= 0.3 is 6.18 Å². The van der Waals surface area contributed by atoms with Gasteiger partial charge in [-0.15, -0.1) is 0 Å². The van der Waals surface area contributed by atoms with Crippen LogP contribution in [0.4, 0.5) is 13.2 Å². The molecule has 118 valence electrons. The van der Waals surface area contributed by atoms with Crippen LogP contribution >= 0.6 is 0 Å². The maximum Gasteiger partial charge on any atom is 0.433 e. The van der Waals surface area contributed by atoms with Crippen molar-refractivity contribution in [2.45, 2.75) is 38.9 Å². The van der Waals surface area contributed by atoms with Gasteiger partial charge in [-0.3, -0.25) is 9.88 Å². The minimum absolute atomic E-state index is 0.0718. The molecule has 2 heterocycles. The minimum atomic E-state index is -4.39. The Hall–Kier alpha value is -1.14. The van der Waals surface area contributed by atoms with E-state index in [0.29, 0.717) is 6.54 Å². The van der Waals surface area contributed by atoms with Gasteiger partial charge in [0.25, 0.3) is 0 Å². The first kappa shape index (κ1) is 16.2. The molecule has 0 spiro atoms. The van der Waals surface area contributed by atoms with Crippen LogP contribution in [0.25, 0.3) is 0 Å². The van der Waals surface area contributed by atoms with E-state index in [-0.39, 0.29) is 12.0 Å². The molecule has 1 aliphatic rings. The highest BCUT2D eigenvalue weighted by Crippen LogP contribution is 2.33. The quantitative estimate of drug-likeness (QED) is 0.928. The molecular formula is C15H21F3N2O. The van der Waals surface area contributed by atoms with E-state index in [9.17, 15) is 18.3 Å². The first-order valence-electron chi connectivity index (χ1n) is 7.24. The number of aromatic nitrogens is 1. The second-order valence-electron chi connectivity index (χ2n) is 5.88. The Bertz CT molecular complexity index is 455. The SMILES string of the molecule is CC[C@]1(CO)CCCN(Cc2ccc(C(F)(F)F)nc2)C1. The summed E-state index contributed by atoms with van der Waals surface area (Å²) in [5.74, 6) is 0. The maximum absolute atomic E-state index is 12.5. The average Bonchev–Trinajstić information content (AvgIpc) is 2.47. The summed E-state index contributed by atoms with van der Waals surface area (Å²) in [5, 5.41) is 9.59. The highest BCUT2D eigenvalue weighted by Gasteiger charge is 2.34. The Morgan fingerprint density at radius 2 is 2.14 bits per heavy atom. The first-order chi connectivity index (χ1) is 9.88. The first-order valence-corrected chi connectivity index (χ1v) is 7.24. The lowest BCUT2D eigenvalue weighted by Crippen LogP contribution is -2.44. The van der Waals surface area contributed by atoms with E-state index in [2.05, 4.69) is 16.8 Å². The van der Waals surface area contributed by atoms with Crippen molar-refractivity contribution in [3.63, 3.8) is 0 Å². The zero-order valence-corrected chi connectivity index (χ0v) is 12.2. The summed E-state index contributed by atoms with van der Waals surface area (Å²) >= 11 is 0. The third-order valence-corrected chi connectivity index (χ3v) is 4.35. The molecular weight excluding hydrogens is 281 g/mol. The van der Waals surface area contributed by atoms with Crippen molar-refractivity contribution in [3.8, 4) is 0 Å². The molecule has 21 heavy (non-hydrogen) atoms. The Balaban J connectivity index is 2.01. The summed E-state index contributed by atoms with van der Waals surface area (Å²) in [5.41, 5.74) is -0.159. The molecule has 0 radical (unpaired) electrons. The van der Waals surface area contributed by atoms with Crippen molar-refractivity contribution >= 4 is 0 Å². The van der Waals surface area contributed by atoms with Gasteiger partial charge in [-0.2, -0.15) is 13.2 Å². The van der Waals surface area contributed by atoms with Crippen LogP contribution in [0.15, 0.2) is 18.3 Å². The van der Waals surface area contributed by atoms with E-state index in [4.69, 9.17) is 0 Å². The number of hydrogen-bond donors (Lipinski definition) is 1. The number of nitrogens with zero attached hydrogens (tertiary/aromatic N) is 2. The molecule has 0 bridgehead atoms. The molecule has 1 aromatic heterocycles. The summed E-state index contributed by atoms with van der Waals surface area (Å²) in [6.45, 7) is 4.49. The van der Waals surface area contributed by atoms with Crippen molar-refractivity contribution in [1.29, 1.82) is 0 Å². The number of hydrogen-bond acceptors (Lipinski definition) is 3. The molecule has 2 rings (SSSR count). The summed E-state index contributed by atoms with van der Waals surface area (Å²) in [7, 11) is 0. The standard InChI is InChI=1S/C15H21F3N2O/c1-2-14(11-21)6-3-7-20(10-14)9-12-4-5-13(19-8-12)15(16,17)18/h4-5,8,21H,2-3,6-7,9-11H2,1H3/t14-/m0/s1. The Labute approximate surface area is 122 Å². The lowest BCUT2D eigenvalue weighted by Gasteiger charge is -2.41. The van der Waals surface area contributed by atoms with Crippen LogP contribution in [0.2, 0.25) is 0 Å². The molecule has 1 aromatic rings. The molecule has 3 nitrogen and oxygen atoms in total. The highest BCUT2D eigenvalue weighted by molar-refractivity contribution is 5.16. The molecule has 0 saturated carbocycles. The van der Waals surface area contributed by atoms with Gasteiger partial charge in [0.2, 0.25) is 0 Å². The van der Waals surface area contributed by atoms with Crippen LogP contribution in [-0.2, 0) is 12.7 Å². The number of aliphatic hydroxyl groups is 1. The second-order valence-corrected chi connectivity index (χ2v) is 5.88. The number of alkyl halides is 3. The van der Waals surface area contributed by atoms with Crippen molar-refractivity contribution in [1.82, 2.24) is 9.88 Å². The van der Waals surface area contributed by atoms with Crippen molar-refractivity contribution < 1.29 is 18.3 Å². The predicted molar refractivity (Wildman–Crippen MR) is 73.6 cm³/mol. The smallest absolute Gasteiger partial charge is 0.396 e. The monoisotopic (exact) mass is 302 g/mol. The fourth-order valence-corrected chi connectivity index (χ4v) is 2.92. The zero-order valence-electron chi connectivity index (χ0n) is 12.2. The van der Waals surface area contributed by atoms with Crippen LogP contribution in [0.3, 0.4) is 0 Å². The van der Waals surface area contributed by atoms with E-state index >= 15 is 0 Å². The third-order valence-electron chi connectivity index (χ3n) is 4.35. The number of pyridine rings is 1. The minimum Gasteiger partial charge on any atom is -0.396 e. The van der Waals surface area contributed by atoms with Crippen molar-refractivity contribution in [2.24, 2.45) is 5.41 Å². The molecule has 1 aliphatic heterocycles. The Morgan fingerprint density at radius 1 is 1.38 bits per heavy atom. The molecule has 1 N–H and O–H groups in total. The molecule has 0 unspecified atom stereocenters. The van der Waals surface area contributed by atoms with Crippen LogP contribution in [0.1, 0.15) is 37.4 Å². The van der Waals surface area contributed by atoms with E-state index in [1.165, 1.54) is 12.3 Å². The van der Waals surface area contributed by atoms with Gasteiger partial charge in [0.1, 0.15) is 5.69 Å². The number of halogens is 3. The lowest BCUT2D eigenvalue weighted by atomic mass is 9.78. The lowest BCUT2D eigenvalue weighted by molar-refractivity contribution is -0.141. The van der Waals surface area contributed by atoms with E-state index < -0.39 is 11.9 Å². The molecule has 6 heteroatoms. The van der Waals surface area contributed by atoms with Crippen molar-refractivity contribution in [2.75, 3.05) is 19.7 Å². The van der Waals surface area contributed by atoms with E-state index in [1.807, 2.05) is 0 Å². The highest BCUT2D eigenvalue weighted by atomic mass is 19.4. The predicted octanol–water partition coefficient (Wildman–Crippen LogP) is 3.08. The average molecular weight is 302 g/mol. The number of piperidine rings is 1. The largest absolute Gasteiger partial charge is 0.433 e. The van der Waals surface area contributed by atoms with Gasteiger partial charge in [-0.05, 0) is 37.4 Å². The Morgan fingerprint density at radius 3 is 2.67 bits per heavy atom. The zero-order chi connectivity index (χ0) is 15.5. The maximum atomic E-state index is 12.5. The molecule has 0 aromatic carbocycles. The second kappa shape index (κ2) is 6.32. The molecule has 1 atom stereocenters. The summed E-state index contributed by atoms with van der Waals surface area (Å²) in [4.78, 5) is 5.68. The van der Waals surface area contributed by atoms with Crippen molar-refractivity contribution in [3.05, 3.63) is 29.6 Å². The van der Waals surface area contributed by atoms with Gasteiger partial charge in [0.05, 0.1) is 0 Å². The van der Waals surface area contributed by atoms with Gasteiger partial charge in [0.15, 0.2) is 0 Å². The Kier molecular flexibility index (Phi) is 4.88. The number of aliphatic hydroxyl groups excluding tert-OH is 1. The summed E-state index contributed by atoms with van der Waals surface area (Å²) in [6, 6.07) is 2.51. The van der Waals surface area contributed by atoms with Crippen LogP contribution < -0.4 is 0 Å². The fourth-order valence-electron chi connectivity index (χ4n) is 2.92. The number of likely N-dealkylation sites (tertiary alicyclic amines) is 1. The molecule has 0 amide bonds. The van der Waals surface area contributed by atoms with Gasteiger partial charge in [0, 0.05) is 31.3 Å². The van der Waals surface area contributed by atoms with Crippen LogP contribution in [0.5, 0.6) is 0 Å². The van der Waals surface area contributed by atoms with Crippen LogP contribution in [0, 0.1) is 5.41 Å².